The van der Waals surface area contributed by atoms with Crippen LogP contribution >= 0.6 is 0 Å². The molecule has 0 unspecified atom stereocenters. The summed E-state index contributed by atoms with van der Waals surface area (Å²) in [6.07, 6.45) is 34.6. The van der Waals surface area contributed by atoms with Crippen molar-refractivity contribution in [3.63, 3.8) is 0 Å². The second-order valence-corrected chi connectivity index (χ2v) is 4.43. The van der Waals surface area contributed by atoms with E-state index in [1.54, 1.807) is 6.08 Å². The van der Waals surface area contributed by atoms with Crippen LogP contribution in [0.3, 0.4) is 0 Å². The molecule has 0 saturated carbocycles. The van der Waals surface area contributed by atoms with Crippen molar-refractivity contribution >= 4 is 0 Å². The summed E-state index contributed by atoms with van der Waals surface area (Å²) in [6, 6.07) is 0. The van der Waals surface area contributed by atoms with Crippen molar-refractivity contribution in [2.24, 2.45) is 0 Å². The highest BCUT2D eigenvalue weighted by Crippen LogP contribution is 1.99. The maximum absolute atomic E-state index is 5.20. The molecule has 0 spiro atoms. The van der Waals surface area contributed by atoms with Crippen LogP contribution in [0.4, 0.5) is 0 Å². The fourth-order valence-corrected chi connectivity index (χ4v) is 1.46. The van der Waals surface area contributed by atoms with Gasteiger partial charge in [-0.3, -0.25) is 0 Å². The van der Waals surface area contributed by atoms with Crippen LogP contribution in [0.25, 0.3) is 0 Å². The summed E-state index contributed by atoms with van der Waals surface area (Å²) in [6.45, 7) is 7.43. The largest absolute Gasteiger partial charge is 0.0845 e. The van der Waals surface area contributed by atoms with Gasteiger partial charge in [0.05, 0.1) is 0 Å². The Hall–Kier alpha value is -2.08. The minimum Gasteiger partial charge on any atom is -0.0845 e. The monoisotopic (exact) mass is 279 g/mol. The normalized spacial score (nSPS) is 13.6. The van der Waals surface area contributed by atoms with Gasteiger partial charge in [-0.05, 0) is 12.8 Å². The summed E-state index contributed by atoms with van der Waals surface area (Å²) in [5.74, 6) is 0. The van der Waals surface area contributed by atoms with E-state index in [-0.39, 0.29) is 0 Å². The molecule has 1 radical (unpaired) electrons. The van der Waals surface area contributed by atoms with E-state index in [0.29, 0.717) is 0 Å². The van der Waals surface area contributed by atoms with E-state index >= 15 is 0 Å². The molecule has 0 bridgehead atoms. The Morgan fingerprint density at radius 3 is 1.43 bits per heavy atom. The average molecular weight is 279 g/mol. The van der Waals surface area contributed by atoms with E-state index in [0.717, 1.165) is 0 Å². The first-order valence-corrected chi connectivity index (χ1v) is 7.62. The van der Waals surface area contributed by atoms with E-state index in [1.165, 1.54) is 31.8 Å². The molecule has 0 atom stereocenters. The van der Waals surface area contributed by atoms with Crippen LogP contribution in [0.2, 0.25) is 0 Å². The van der Waals surface area contributed by atoms with E-state index in [2.05, 4.69) is 25.2 Å². The molecule has 0 rings (SSSR count). The third kappa shape index (κ3) is 17.9. The lowest BCUT2D eigenvalue weighted by molar-refractivity contribution is 0.729. The lowest BCUT2D eigenvalue weighted by Gasteiger charge is -1.89. The summed E-state index contributed by atoms with van der Waals surface area (Å²) in [5.41, 5.74) is 0. The Kier molecular flexibility index (Phi) is 16.1. The number of hydrogen-bond donors (Lipinski definition) is 0. The smallest absolute Gasteiger partial charge is 0.0348 e. The Labute approximate surface area is 131 Å². The first-order chi connectivity index (χ1) is 10.4. The second-order valence-electron chi connectivity index (χ2n) is 4.43. The van der Waals surface area contributed by atoms with Gasteiger partial charge in [0.15, 0.2) is 0 Å². The topological polar surface area (TPSA) is 0 Å². The number of rotatable bonds is 11. The van der Waals surface area contributed by atoms with Crippen LogP contribution in [-0.4, -0.2) is 0 Å². The molecule has 0 saturated heterocycles. The van der Waals surface area contributed by atoms with Crippen LogP contribution < -0.4 is 0 Å². The van der Waals surface area contributed by atoms with Crippen LogP contribution in [0.1, 0.15) is 32.6 Å². The lowest BCUT2D eigenvalue weighted by Crippen LogP contribution is -1.69. The maximum Gasteiger partial charge on any atom is -0.0348 e. The molecule has 0 heterocycles. The van der Waals surface area contributed by atoms with Crippen LogP contribution in [0, 0.1) is 6.58 Å². The highest BCUT2D eigenvalue weighted by Gasteiger charge is 1.79. The molecular formula is C21H27. The van der Waals surface area contributed by atoms with Gasteiger partial charge < -0.3 is 0 Å². The minimum atomic E-state index is 1.18. The van der Waals surface area contributed by atoms with E-state index in [1.807, 2.05) is 60.8 Å². The SMILES string of the molecule is [CH]=CC=CC=CC=CC=CC=CC=CC=CCCCCC. The van der Waals surface area contributed by atoms with E-state index in [9.17, 15) is 0 Å². The first-order valence-electron chi connectivity index (χ1n) is 7.62. The number of allylic oxidation sites excluding steroid dienone is 15. The summed E-state index contributed by atoms with van der Waals surface area (Å²) in [4.78, 5) is 0. The summed E-state index contributed by atoms with van der Waals surface area (Å²) in [5, 5.41) is 0. The fourth-order valence-electron chi connectivity index (χ4n) is 1.46. The Morgan fingerprint density at radius 1 is 0.571 bits per heavy atom. The third-order valence-corrected chi connectivity index (χ3v) is 2.55. The molecule has 0 aliphatic heterocycles. The standard InChI is InChI=1S/C21H27/c1-3-5-7-9-11-13-15-17-19-21-20-18-16-14-12-10-8-6-4-2/h1,3,5,7,9,11-21H,4,6,8,10H2,2H3. The average Bonchev–Trinajstić information content (AvgIpc) is 2.50. The Balaban J connectivity index is 3.72. The van der Waals surface area contributed by atoms with Gasteiger partial charge in [-0.1, -0.05) is 117 Å². The fraction of sp³-hybridized carbons (Fsp3) is 0.238. The zero-order chi connectivity index (χ0) is 15.4. The molecule has 0 aliphatic carbocycles. The molecule has 0 fully saturated rings. The van der Waals surface area contributed by atoms with Crippen molar-refractivity contribution < 1.29 is 0 Å². The maximum atomic E-state index is 5.20. The van der Waals surface area contributed by atoms with Gasteiger partial charge in [-0.2, -0.15) is 0 Å². The van der Waals surface area contributed by atoms with Gasteiger partial charge in [0, 0.05) is 0 Å². The van der Waals surface area contributed by atoms with Crippen molar-refractivity contribution in [1.82, 2.24) is 0 Å². The molecule has 0 aliphatic rings. The number of unbranched alkanes of at least 4 members (excludes halogenated alkanes) is 3. The van der Waals surface area contributed by atoms with Crippen molar-refractivity contribution in [2.45, 2.75) is 32.6 Å². The molecular weight excluding hydrogens is 252 g/mol. The van der Waals surface area contributed by atoms with Crippen molar-refractivity contribution in [2.75, 3.05) is 0 Å². The number of hydrogen-bond acceptors (Lipinski definition) is 0. The molecule has 0 nitrogen and oxygen atoms in total. The molecule has 0 amide bonds. The van der Waals surface area contributed by atoms with Crippen molar-refractivity contribution in [3.05, 3.63) is 97.7 Å². The molecule has 0 aromatic carbocycles. The summed E-state index contributed by atoms with van der Waals surface area (Å²) < 4.78 is 0. The van der Waals surface area contributed by atoms with Crippen LogP contribution in [0.5, 0.6) is 0 Å². The summed E-state index contributed by atoms with van der Waals surface area (Å²) >= 11 is 0. The third-order valence-electron chi connectivity index (χ3n) is 2.55. The van der Waals surface area contributed by atoms with Crippen molar-refractivity contribution in [3.8, 4) is 0 Å². The predicted molar refractivity (Wildman–Crippen MR) is 97.0 cm³/mol. The zero-order valence-corrected chi connectivity index (χ0v) is 13.1. The van der Waals surface area contributed by atoms with Gasteiger partial charge in [0.1, 0.15) is 0 Å². The summed E-state index contributed by atoms with van der Waals surface area (Å²) in [7, 11) is 0. The highest BCUT2D eigenvalue weighted by molar-refractivity contribution is 5.20. The van der Waals surface area contributed by atoms with Gasteiger partial charge in [-0.15, -0.1) is 0 Å². The Bertz CT molecular complexity index is 423. The van der Waals surface area contributed by atoms with Gasteiger partial charge in [-0.25, -0.2) is 0 Å². The van der Waals surface area contributed by atoms with E-state index in [4.69, 9.17) is 6.58 Å². The molecule has 111 valence electrons. The molecule has 0 N–H and O–H groups in total. The highest BCUT2D eigenvalue weighted by atomic mass is 13.9. The van der Waals surface area contributed by atoms with Gasteiger partial charge in [0.2, 0.25) is 0 Å². The van der Waals surface area contributed by atoms with Crippen molar-refractivity contribution in [1.29, 1.82) is 0 Å². The predicted octanol–water partition coefficient (Wildman–Crippen LogP) is 6.45. The lowest BCUT2D eigenvalue weighted by atomic mass is 10.2. The molecule has 21 heavy (non-hydrogen) atoms. The van der Waals surface area contributed by atoms with E-state index < -0.39 is 0 Å². The molecule has 0 aromatic heterocycles. The quantitative estimate of drug-likeness (QED) is 0.301. The molecule has 0 aromatic rings. The first kappa shape index (κ1) is 18.9. The second kappa shape index (κ2) is 17.9. The zero-order valence-electron chi connectivity index (χ0n) is 13.1. The van der Waals surface area contributed by atoms with Gasteiger partial charge >= 0.3 is 0 Å². The minimum absolute atomic E-state index is 1.18. The van der Waals surface area contributed by atoms with Crippen LogP contribution in [0.15, 0.2) is 91.1 Å². The molecule has 0 heteroatoms. The Morgan fingerprint density at radius 2 is 1.00 bits per heavy atom. The van der Waals surface area contributed by atoms with Crippen LogP contribution in [-0.2, 0) is 0 Å². The van der Waals surface area contributed by atoms with Gasteiger partial charge in [0.25, 0.3) is 0 Å².